The Balaban J connectivity index is 1.67. The lowest BCUT2D eigenvalue weighted by Crippen LogP contribution is -2.82. The van der Waals surface area contributed by atoms with E-state index in [4.69, 9.17) is 4.74 Å². The molecule has 1 atom stereocenters. The fraction of sp³-hybridized carbons (Fsp3) is 0.667. The number of rotatable bonds is 6. The fourth-order valence-electron chi connectivity index (χ4n) is 3.16. The smallest absolute Gasteiger partial charge is 0.101 e. The van der Waals surface area contributed by atoms with Gasteiger partial charge in [0.05, 0.1) is 12.1 Å². The van der Waals surface area contributed by atoms with Gasteiger partial charge in [-0.2, -0.15) is 0 Å². The van der Waals surface area contributed by atoms with Crippen molar-refractivity contribution in [2.75, 3.05) is 32.1 Å². The van der Waals surface area contributed by atoms with E-state index in [1.165, 1.54) is 37.1 Å². The summed E-state index contributed by atoms with van der Waals surface area (Å²) in [6.07, 6.45) is 3.75. The zero-order valence-electron chi connectivity index (χ0n) is 14.1. The maximum absolute atomic E-state index is 5.79. The first-order valence-corrected chi connectivity index (χ1v) is 8.18. The zero-order valence-corrected chi connectivity index (χ0v) is 14.1. The summed E-state index contributed by atoms with van der Waals surface area (Å²) in [4.78, 5) is 2.14. The summed E-state index contributed by atoms with van der Waals surface area (Å²) in [5, 5.41) is 2.44. The molecule has 1 aliphatic heterocycles. The van der Waals surface area contributed by atoms with Gasteiger partial charge in [-0.25, -0.2) is 0 Å². The van der Waals surface area contributed by atoms with Gasteiger partial charge in [-0.15, -0.1) is 0 Å². The van der Waals surface area contributed by atoms with Gasteiger partial charge in [-0.3, -0.25) is 0 Å². The standard InChI is InChI=1S/C18H30N2O/c1-18(2)13-15(10-12-21-18)9-11-19-14-16-5-7-17(8-6-16)20(3)4/h5-8,15,19H,9-14H2,1-4H3/p+1/t15-/m0/s1. The number of hydrogen-bond donors (Lipinski definition) is 1. The Bertz CT molecular complexity index is 425. The minimum atomic E-state index is 0.0882. The van der Waals surface area contributed by atoms with E-state index in [-0.39, 0.29) is 5.60 Å². The van der Waals surface area contributed by atoms with Crippen LogP contribution in [0.3, 0.4) is 0 Å². The normalized spacial score (nSPS) is 21.2. The molecule has 3 heteroatoms. The molecular weight excluding hydrogens is 260 g/mol. The maximum Gasteiger partial charge on any atom is 0.101 e. The zero-order chi connectivity index (χ0) is 15.3. The minimum Gasteiger partial charge on any atom is -0.378 e. The summed E-state index contributed by atoms with van der Waals surface area (Å²) in [6.45, 7) is 7.67. The molecule has 0 radical (unpaired) electrons. The van der Waals surface area contributed by atoms with Gasteiger partial charge < -0.3 is 15.0 Å². The molecule has 1 heterocycles. The Morgan fingerprint density at radius 3 is 2.57 bits per heavy atom. The highest BCUT2D eigenvalue weighted by Gasteiger charge is 2.28. The van der Waals surface area contributed by atoms with Crippen molar-refractivity contribution in [3.63, 3.8) is 0 Å². The average Bonchev–Trinajstić information content (AvgIpc) is 2.43. The monoisotopic (exact) mass is 291 g/mol. The van der Waals surface area contributed by atoms with Crippen molar-refractivity contribution in [3.8, 4) is 0 Å². The molecule has 118 valence electrons. The predicted octanol–water partition coefficient (Wildman–Crippen LogP) is 2.41. The Hall–Kier alpha value is -1.06. The van der Waals surface area contributed by atoms with Crippen molar-refractivity contribution in [2.45, 2.75) is 45.3 Å². The number of nitrogens with two attached hydrogens (primary N) is 1. The number of quaternary nitrogens is 1. The summed E-state index contributed by atoms with van der Waals surface area (Å²) in [6, 6.07) is 8.88. The van der Waals surface area contributed by atoms with Crippen LogP contribution in [-0.2, 0) is 11.3 Å². The third kappa shape index (κ3) is 5.33. The quantitative estimate of drug-likeness (QED) is 0.816. The summed E-state index contributed by atoms with van der Waals surface area (Å²) in [5.74, 6) is 0.834. The van der Waals surface area contributed by atoms with E-state index in [0.717, 1.165) is 19.1 Å². The molecule has 0 bridgehead atoms. The van der Waals surface area contributed by atoms with Gasteiger partial charge in [-0.05, 0) is 51.2 Å². The first-order chi connectivity index (χ1) is 9.96. The Morgan fingerprint density at radius 1 is 1.24 bits per heavy atom. The molecule has 0 unspecified atom stereocenters. The second-order valence-electron chi connectivity index (χ2n) is 7.10. The summed E-state index contributed by atoms with van der Waals surface area (Å²) in [7, 11) is 4.16. The highest BCUT2D eigenvalue weighted by Crippen LogP contribution is 2.29. The van der Waals surface area contributed by atoms with Gasteiger partial charge in [0.1, 0.15) is 6.54 Å². The van der Waals surface area contributed by atoms with Crippen molar-refractivity contribution in [3.05, 3.63) is 29.8 Å². The third-order valence-corrected chi connectivity index (χ3v) is 4.41. The molecule has 1 aromatic rings. The number of anilines is 1. The van der Waals surface area contributed by atoms with Gasteiger partial charge in [0, 0.05) is 32.0 Å². The summed E-state index contributed by atoms with van der Waals surface area (Å²) in [5.41, 5.74) is 2.77. The highest BCUT2D eigenvalue weighted by atomic mass is 16.5. The molecular formula is C18H31N2O+. The molecule has 2 rings (SSSR count). The van der Waals surface area contributed by atoms with E-state index >= 15 is 0 Å². The lowest BCUT2D eigenvalue weighted by Gasteiger charge is -2.35. The molecule has 0 spiro atoms. The van der Waals surface area contributed by atoms with Crippen molar-refractivity contribution in [1.82, 2.24) is 0 Å². The van der Waals surface area contributed by atoms with Crippen molar-refractivity contribution >= 4 is 5.69 Å². The van der Waals surface area contributed by atoms with Crippen molar-refractivity contribution in [2.24, 2.45) is 5.92 Å². The van der Waals surface area contributed by atoms with Crippen LogP contribution in [0.2, 0.25) is 0 Å². The number of nitrogens with zero attached hydrogens (tertiary/aromatic N) is 1. The van der Waals surface area contributed by atoms with Crippen LogP contribution in [-0.4, -0.2) is 32.8 Å². The van der Waals surface area contributed by atoms with Crippen LogP contribution < -0.4 is 10.2 Å². The number of hydrogen-bond acceptors (Lipinski definition) is 2. The van der Waals surface area contributed by atoms with E-state index in [0.29, 0.717) is 0 Å². The second kappa shape index (κ2) is 7.28. The first-order valence-electron chi connectivity index (χ1n) is 8.18. The third-order valence-electron chi connectivity index (χ3n) is 4.41. The van der Waals surface area contributed by atoms with Crippen LogP contribution in [0.5, 0.6) is 0 Å². The van der Waals surface area contributed by atoms with Gasteiger partial charge >= 0.3 is 0 Å². The van der Waals surface area contributed by atoms with Crippen LogP contribution in [0, 0.1) is 5.92 Å². The van der Waals surface area contributed by atoms with Gasteiger partial charge in [0.15, 0.2) is 0 Å². The predicted molar refractivity (Wildman–Crippen MR) is 88.6 cm³/mol. The molecule has 3 nitrogen and oxygen atoms in total. The summed E-state index contributed by atoms with van der Waals surface area (Å²) >= 11 is 0. The molecule has 21 heavy (non-hydrogen) atoms. The fourth-order valence-corrected chi connectivity index (χ4v) is 3.16. The average molecular weight is 291 g/mol. The molecule has 1 aliphatic rings. The SMILES string of the molecule is CN(C)c1ccc(C[NH2+]CC[C@H]2CCOC(C)(C)C2)cc1. The van der Waals surface area contributed by atoms with E-state index < -0.39 is 0 Å². The second-order valence-corrected chi connectivity index (χ2v) is 7.10. The lowest BCUT2D eigenvalue weighted by atomic mass is 9.86. The van der Waals surface area contributed by atoms with Crippen LogP contribution in [0.15, 0.2) is 24.3 Å². The minimum absolute atomic E-state index is 0.0882. The summed E-state index contributed by atoms with van der Waals surface area (Å²) < 4.78 is 5.79. The maximum atomic E-state index is 5.79. The topological polar surface area (TPSA) is 29.1 Å². The molecule has 1 fully saturated rings. The molecule has 1 aromatic carbocycles. The Labute approximate surface area is 129 Å². The highest BCUT2D eigenvalue weighted by molar-refractivity contribution is 5.45. The molecule has 0 saturated carbocycles. The van der Waals surface area contributed by atoms with Gasteiger partial charge in [-0.1, -0.05) is 12.1 Å². The van der Waals surface area contributed by atoms with E-state index in [2.05, 4.69) is 62.4 Å². The van der Waals surface area contributed by atoms with Crippen LogP contribution in [0.25, 0.3) is 0 Å². The van der Waals surface area contributed by atoms with E-state index in [1.807, 2.05) is 0 Å². The molecule has 2 N–H and O–H groups in total. The van der Waals surface area contributed by atoms with Crippen molar-refractivity contribution in [1.29, 1.82) is 0 Å². The van der Waals surface area contributed by atoms with Gasteiger partial charge in [0.25, 0.3) is 0 Å². The Morgan fingerprint density at radius 2 is 1.95 bits per heavy atom. The largest absolute Gasteiger partial charge is 0.378 e. The number of ether oxygens (including phenoxy) is 1. The molecule has 0 aliphatic carbocycles. The van der Waals surface area contributed by atoms with Crippen LogP contribution >= 0.6 is 0 Å². The lowest BCUT2D eigenvalue weighted by molar-refractivity contribution is -0.671. The molecule has 0 amide bonds. The van der Waals surface area contributed by atoms with Crippen LogP contribution in [0.4, 0.5) is 5.69 Å². The van der Waals surface area contributed by atoms with E-state index in [1.54, 1.807) is 0 Å². The molecule has 0 aromatic heterocycles. The number of benzene rings is 1. The first kappa shape index (κ1) is 16.3. The van der Waals surface area contributed by atoms with Crippen LogP contribution in [0.1, 0.15) is 38.7 Å². The van der Waals surface area contributed by atoms with Gasteiger partial charge in [0.2, 0.25) is 0 Å². The Kier molecular flexibility index (Phi) is 5.65. The van der Waals surface area contributed by atoms with Crippen molar-refractivity contribution < 1.29 is 10.1 Å². The molecule has 1 saturated heterocycles. The van der Waals surface area contributed by atoms with E-state index in [9.17, 15) is 0 Å².